The number of rotatable bonds is 1. The molecule has 0 bridgehead atoms. The van der Waals surface area contributed by atoms with Crippen LogP contribution in [0.1, 0.15) is 46.0 Å². The Labute approximate surface area is 115 Å². The molecule has 0 radical (unpaired) electrons. The molecule has 0 amide bonds. The highest BCUT2D eigenvalue weighted by Gasteiger charge is 2.25. The van der Waals surface area contributed by atoms with E-state index in [0.717, 1.165) is 18.2 Å². The predicted molar refractivity (Wildman–Crippen MR) is 80.7 cm³/mol. The molecule has 1 aliphatic carbocycles. The molecule has 98 valence electrons. The van der Waals surface area contributed by atoms with Gasteiger partial charge in [-0.2, -0.15) is 11.8 Å². The molecule has 1 saturated carbocycles. The molecule has 1 aliphatic heterocycles. The van der Waals surface area contributed by atoms with E-state index >= 15 is 0 Å². The van der Waals surface area contributed by atoms with Gasteiger partial charge in [-0.15, -0.1) is 0 Å². The van der Waals surface area contributed by atoms with Crippen molar-refractivity contribution >= 4 is 29.1 Å². The predicted octanol–water partition coefficient (Wildman–Crippen LogP) is 3.02. The van der Waals surface area contributed by atoms with E-state index in [0.29, 0.717) is 16.5 Å². The van der Waals surface area contributed by atoms with E-state index in [1.807, 2.05) is 0 Å². The largest absolute Gasteiger partial charge is 0.360 e. The zero-order valence-electron chi connectivity index (χ0n) is 10.9. The van der Waals surface area contributed by atoms with Gasteiger partial charge in [0.2, 0.25) is 0 Å². The fraction of sp³-hybridized carbons (Fsp3) is 0.923. The van der Waals surface area contributed by atoms with Gasteiger partial charge in [0.25, 0.3) is 0 Å². The Morgan fingerprint density at radius 3 is 2.29 bits per heavy atom. The van der Waals surface area contributed by atoms with E-state index in [1.165, 1.54) is 32.1 Å². The van der Waals surface area contributed by atoms with Crippen molar-refractivity contribution in [2.75, 3.05) is 13.1 Å². The third-order valence-corrected chi connectivity index (χ3v) is 5.24. The number of hydrogen-bond donors (Lipinski definition) is 1. The van der Waals surface area contributed by atoms with E-state index in [-0.39, 0.29) is 0 Å². The minimum Gasteiger partial charge on any atom is -0.360 e. The summed E-state index contributed by atoms with van der Waals surface area (Å²) in [6.07, 6.45) is 6.73. The van der Waals surface area contributed by atoms with Crippen molar-refractivity contribution in [1.82, 2.24) is 10.2 Å². The third kappa shape index (κ3) is 4.02. The standard InChI is InChI=1S/C13H24N2S2/c1-10-8-15(9-11(2)17-10)13(16)14-12-6-4-3-5-7-12/h10-12H,3-9H2,1-2H3,(H,14,16). The summed E-state index contributed by atoms with van der Waals surface area (Å²) in [5.41, 5.74) is 0. The highest BCUT2D eigenvalue weighted by molar-refractivity contribution is 8.00. The Balaban J connectivity index is 1.81. The van der Waals surface area contributed by atoms with Crippen LogP contribution in [-0.4, -0.2) is 39.6 Å². The van der Waals surface area contributed by atoms with Gasteiger partial charge < -0.3 is 10.2 Å². The molecule has 2 rings (SSSR count). The van der Waals surface area contributed by atoms with E-state index in [1.54, 1.807) is 0 Å². The highest BCUT2D eigenvalue weighted by Crippen LogP contribution is 2.25. The van der Waals surface area contributed by atoms with Crippen LogP contribution in [0, 0.1) is 0 Å². The molecule has 4 heteroatoms. The minimum absolute atomic E-state index is 0.636. The summed E-state index contributed by atoms with van der Waals surface area (Å²) in [6.45, 7) is 6.81. The van der Waals surface area contributed by atoms with Crippen molar-refractivity contribution in [3.05, 3.63) is 0 Å². The van der Waals surface area contributed by atoms with Crippen molar-refractivity contribution in [3.63, 3.8) is 0 Å². The highest BCUT2D eigenvalue weighted by atomic mass is 32.2. The van der Waals surface area contributed by atoms with Gasteiger partial charge in [0, 0.05) is 29.6 Å². The summed E-state index contributed by atoms with van der Waals surface area (Å²) in [4.78, 5) is 2.37. The van der Waals surface area contributed by atoms with Gasteiger partial charge >= 0.3 is 0 Å². The molecule has 2 nitrogen and oxygen atoms in total. The second-order valence-corrected chi connectivity index (χ2v) is 7.72. The smallest absolute Gasteiger partial charge is 0.169 e. The Bertz CT molecular complexity index is 254. The van der Waals surface area contributed by atoms with Crippen LogP contribution in [0.15, 0.2) is 0 Å². The van der Waals surface area contributed by atoms with Crippen LogP contribution >= 0.6 is 24.0 Å². The molecule has 1 heterocycles. The minimum atomic E-state index is 0.636. The van der Waals surface area contributed by atoms with Gasteiger partial charge in [0.1, 0.15) is 0 Å². The van der Waals surface area contributed by atoms with Gasteiger partial charge in [-0.1, -0.05) is 33.1 Å². The zero-order valence-corrected chi connectivity index (χ0v) is 12.6. The van der Waals surface area contributed by atoms with Gasteiger partial charge in [-0.05, 0) is 25.1 Å². The first-order valence-corrected chi connectivity index (χ1v) is 8.21. The number of hydrogen-bond acceptors (Lipinski definition) is 2. The first-order valence-electron chi connectivity index (χ1n) is 6.86. The molecule has 1 N–H and O–H groups in total. The molecule has 0 aromatic carbocycles. The Morgan fingerprint density at radius 2 is 1.71 bits per heavy atom. The van der Waals surface area contributed by atoms with E-state index in [2.05, 4.69) is 35.8 Å². The van der Waals surface area contributed by atoms with E-state index in [4.69, 9.17) is 12.2 Å². The molecular weight excluding hydrogens is 248 g/mol. The van der Waals surface area contributed by atoms with Crippen LogP contribution in [-0.2, 0) is 0 Å². The molecule has 1 saturated heterocycles. The molecule has 2 unspecified atom stereocenters. The van der Waals surface area contributed by atoms with Crippen molar-refractivity contribution in [1.29, 1.82) is 0 Å². The lowest BCUT2D eigenvalue weighted by Crippen LogP contribution is -2.51. The van der Waals surface area contributed by atoms with Gasteiger partial charge in [-0.25, -0.2) is 0 Å². The SMILES string of the molecule is CC1CN(C(=S)NC2CCCCC2)CC(C)S1. The average molecular weight is 272 g/mol. The molecule has 0 aromatic rings. The Morgan fingerprint density at radius 1 is 1.12 bits per heavy atom. The summed E-state index contributed by atoms with van der Waals surface area (Å²) in [6, 6.07) is 0.636. The van der Waals surface area contributed by atoms with E-state index in [9.17, 15) is 0 Å². The lowest BCUT2D eigenvalue weighted by atomic mass is 9.96. The summed E-state index contributed by atoms with van der Waals surface area (Å²) in [7, 11) is 0. The monoisotopic (exact) mass is 272 g/mol. The van der Waals surface area contributed by atoms with Crippen molar-refractivity contribution in [2.24, 2.45) is 0 Å². The Kier molecular flexibility index (Phi) is 4.97. The van der Waals surface area contributed by atoms with Gasteiger partial charge in [-0.3, -0.25) is 0 Å². The molecule has 17 heavy (non-hydrogen) atoms. The molecule has 2 aliphatic rings. The van der Waals surface area contributed by atoms with Crippen molar-refractivity contribution in [3.8, 4) is 0 Å². The number of thiocarbonyl (C=S) groups is 1. The summed E-state index contributed by atoms with van der Waals surface area (Å²) in [5.74, 6) is 0. The van der Waals surface area contributed by atoms with Gasteiger partial charge in [0.15, 0.2) is 5.11 Å². The second kappa shape index (κ2) is 6.28. The van der Waals surface area contributed by atoms with Crippen LogP contribution < -0.4 is 5.32 Å². The number of thioether (sulfide) groups is 1. The summed E-state index contributed by atoms with van der Waals surface area (Å²) >= 11 is 7.65. The third-order valence-electron chi connectivity index (χ3n) is 3.64. The van der Waals surface area contributed by atoms with Crippen LogP contribution in [0.5, 0.6) is 0 Å². The lowest BCUT2D eigenvalue weighted by Gasteiger charge is -2.38. The molecular formula is C13H24N2S2. The van der Waals surface area contributed by atoms with Crippen LogP contribution in [0.2, 0.25) is 0 Å². The number of nitrogens with one attached hydrogen (secondary N) is 1. The van der Waals surface area contributed by atoms with Crippen LogP contribution in [0.25, 0.3) is 0 Å². The quantitative estimate of drug-likeness (QED) is 0.738. The van der Waals surface area contributed by atoms with Gasteiger partial charge in [0.05, 0.1) is 0 Å². The van der Waals surface area contributed by atoms with Crippen LogP contribution in [0.3, 0.4) is 0 Å². The first-order chi connectivity index (χ1) is 8.15. The molecule has 0 aromatic heterocycles. The number of nitrogens with zero attached hydrogens (tertiary/aromatic N) is 1. The lowest BCUT2D eigenvalue weighted by molar-refractivity contribution is 0.367. The summed E-state index contributed by atoms with van der Waals surface area (Å²) < 4.78 is 0. The zero-order chi connectivity index (χ0) is 12.3. The second-order valence-electron chi connectivity index (χ2n) is 5.45. The van der Waals surface area contributed by atoms with Crippen molar-refractivity contribution < 1.29 is 0 Å². The first kappa shape index (κ1) is 13.5. The molecule has 2 atom stereocenters. The summed E-state index contributed by atoms with van der Waals surface area (Å²) in [5, 5.41) is 5.97. The maximum Gasteiger partial charge on any atom is 0.169 e. The van der Waals surface area contributed by atoms with Crippen molar-refractivity contribution in [2.45, 2.75) is 62.5 Å². The topological polar surface area (TPSA) is 15.3 Å². The maximum absolute atomic E-state index is 5.57. The fourth-order valence-corrected chi connectivity index (χ4v) is 4.50. The molecule has 2 fully saturated rings. The van der Waals surface area contributed by atoms with Crippen LogP contribution in [0.4, 0.5) is 0 Å². The fourth-order valence-electron chi connectivity index (χ4n) is 2.86. The van der Waals surface area contributed by atoms with E-state index < -0.39 is 0 Å². The Hall–Kier alpha value is 0.0400. The molecule has 0 spiro atoms. The maximum atomic E-state index is 5.57. The average Bonchev–Trinajstić information content (AvgIpc) is 2.29. The normalized spacial score (nSPS) is 31.3.